The molecule has 9 nitrogen and oxygen atoms in total. The number of piperidine rings is 1. The first-order valence-corrected chi connectivity index (χ1v) is 13.2. The van der Waals surface area contributed by atoms with E-state index < -0.39 is 5.97 Å². The highest BCUT2D eigenvalue weighted by Crippen LogP contribution is 2.32. The number of hydrogen-bond acceptors (Lipinski definition) is 7. The van der Waals surface area contributed by atoms with E-state index in [2.05, 4.69) is 10.1 Å². The number of amides is 1. The largest absolute Gasteiger partial charge is 0.481 e. The van der Waals surface area contributed by atoms with Crippen molar-refractivity contribution in [2.75, 3.05) is 6.54 Å². The first kappa shape index (κ1) is 25.8. The van der Waals surface area contributed by atoms with Gasteiger partial charge in [-0.2, -0.15) is 4.98 Å². The normalized spacial score (nSPS) is 15.6. The third-order valence-corrected chi connectivity index (χ3v) is 7.00. The number of carboxylic acid groups (broad SMARTS) is 1. The number of aryl methyl sites for hydroxylation is 2. The van der Waals surface area contributed by atoms with E-state index in [0.717, 1.165) is 36.2 Å². The molecule has 1 fully saturated rings. The molecule has 1 saturated heterocycles. The van der Waals surface area contributed by atoms with Crippen molar-refractivity contribution < 1.29 is 19.2 Å². The lowest BCUT2D eigenvalue weighted by Crippen LogP contribution is -2.38. The van der Waals surface area contributed by atoms with Gasteiger partial charge >= 0.3 is 5.97 Å². The van der Waals surface area contributed by atoms with Crippen molar-refractivity contribution in [1.82, 2.24) is 25.0 Å². The molecular formula is C28H28ClN5O4. The number of benzene rings is 2. The average Bonchev–Trinajstić information content (AvgIpc) is 3.36. The standard InChI is InChI=1S/C28H28ClN5O4/c1-17-30-27(38-33-17)24-7-4-5-15-34(24)28(37)19-11-14-21-23(16-19)31-22(6-2-3-8-25(35)36)26(32-21)18-9-12-20(29)13-10-18/h9-14,16,24H,2-8,15H2,1H3,(H,35,36). The van der Waals surface area contributed by atoms with Gasteiger partial charge in [0.25, 0.3) is 5.91 Å². The van der Waals surface area contributed by atoms with Gasteiger partial charge < -0.3 is 14.5 Å². The van der Waals surface area contributed by atoms with E-state index >= 15 is 0 Å². The van der Waals surface area contributed by atoms with Gasteiger partial charge in [0, 0.05) is 29.1 Å². The number of carbonyl (C=O) groups is 2. The molecule has 1 N–H and O–H groups in total. The van der Waals surface area contributed by atoms with Gasteiger partial charge in [-0.25, -0.2) is 9.97 Å². The van der Waals surface area contributed by atoms with Crippen molar-refractivity contribution in [2.45, 2.75) is 57.9 Å². The van der Waals surface area contributed by atoms with Crippen LogP contribution in [0.1, 0.15) is 72.3 Å². The second kappa shape index (κ2) is 11.3. The average molecular weight is 534 g/mol. The lowest BCUT2D eigenvalue weighted by Gasteiger charge is -2.33. The van der Waals surface area contributed by atoms with E-state index in [1.54, 1.807) is 36.1 Å². The molecule has 1 amide bonds. The summed E-state index contributed by atoms with van der Waals surface area (Å²) in [5, 5.41) is 13.5. The van der Waals surface area contributed by atoms with Crippen molar-refractivity contribution in [3.05, 3.63) is 70.5 Å². The molecule has 0 saturated carbocycles. The minimum atomic E-state index is -0.817. The van der Waals surface area contributed by atoms with Gasteiger partial charge in [0.1, 0.15) is 6.04 Å². The quantitative estimate of drug-likeness (QED) is 0.282. The molecule has 2 aromatic heterocycles. The summed E-state index contributed by atoms with van der Waals surface area (Å²) in [6.45, 7) is 2.38. The van der Waals surface area contributed by atoms with E-state index in [9.17, 15) is 9.59 Å². The molecule has 10 heteroatoms. The Bertz CT molecular complexity index is 1470. The topological polar surface area (TPSA) is 122 Å². The molecule has 0 spiro atoms. The Hall–Kier alpha value is -3.85. The van der Waals surface area contributed by atoms with Crippen LogP contribution in [0.5, 0.6) is 0 Å². The third-order valence-electron chi connectivity index (χ3n) is 6.75. The summed E-state index contributed by atoms with van der Waals surface area (Å²) in [5.74, 6) is 0.0835. The van der Waals surface area contributed by atoms with Crippen LogP contribution < -0.4 is 0 Å². The molecule has 5 rings (SSSR count). The van der Waals surface area contributed by atoms with Gasteiger partial charge in [-0.05, 0) is 75.8 Å². The van der Waals surface area contributed by atoms with Crippen molar-refractivity contribution in [3.63, 3.8) is 0 Å². The summed E-state index contributed by atoms with van der Waals surface area (Å²) in [6.07, 6.45) is 4.53. The number of aromatic nitrogens is 4. The van der Waals surface area contributed by atoms with Crippen molar-refractivity contribution in [1.29, 1.82) is 0 Å². The molecule has 0 radical (unpaired) electrons. The molecule has 38 heavy (non-hydrogen) atoms. The van der Waals surface area contributed by atoms with Crippen LogP contribution in [-0.4, -0.2) is 48.5 Å². The molecule has 196 valence electrons. The Kier molecular flexibility index (Phi) is 7.64. The maximum Gasteiger partial charge on any atom is 0.303 e. The SMILES string of the molecule is Cc1noc(C2CCCCN2C(=O)c2ccc3nc(-c4ccc(Cl)cc4)c(CCCCC(=O)O)nc3c2)n1. The lowest BCUT2D eigenvalue weighted by molar-refractivity contribution is -0.137. The summed E-state index contributed by atoms with van der Waals surface area (Å²) < 4.78 is 5.41. The molecule has 0 aliphatic carbocycles. The van der Waals surface area contributed by atoms with E-state index in [-0.39, 0.29) is 18.4 Å². The number of likely N-dealkylation sites (tertiary alicyclic amines) is 1. The predicted molar refractivity (Wildman–Crippen MR) is 142 cm³/mol. The molecular weight excluding hydrogens is 506 g/mol. The zero-order valence-electron chi connectivity index (χ0n) is 21.1. The zero-order valence-corrected chi connectivity index (χ0v) is 21.8. The van der Waals surface area contributed by atoms with Gasteiger partial charge in [0.05, 0.1) is 22.4 Å². The fourth-order valence-electron chi connectivity index (χ4n) is 4.85. The van der Waals surface area contributed by atoms with E-state index in [1.165, 1.54) is 0 Å². The van der Waals surface area contributed by atoms with Crippen LogP contribution in [-0.2, 0) is 11.2 Å². The Morgan fingerprint density at radius 3 is 2.61 bits per heavy atom. The highest BCUT2D eigenvalue weighted by molar-refractivity contribution is 6.30. The molecule has 1 unspecified atom stereocenters. The number of fused-ring (bicyclic) bond motifs is 1. The van der Waals surface area contributed by atoms with E-state index in [1.807, 2.05) is 18.2 Å². The van der Waals surface area contributed by atoms with E-state index in [0.29, 0.717) is 59.1 Å². The molecule has 1 atom stereocenters. The first-order valence-electron chi connectivity index (χ1n) is 12.8. The van der Waals surface area contributed by atoms with Crippen LogP contribution in [0.3, 0.4) is 0 Å². The van der Waals surface area contributed by atoms with Gasteiger partial charge in [-0.15, -0.1) is 0 Å². The lowest BCUT2D eigenvalue weighted by atomic mass is 10.00. The molecule has 3 heterocycles. The van der Waals surface area contributed by atoms with Crippen LogP contribution in [0, 0.1) is 6.92 Å². The summed E-state index contributed by atoms with van der Waals surface area (Å²) in [4.78, 5) is 40.6. The van der Waals surface area contributed by atoms with Gasteiger partial charge in [-0.1, -0.05) is 28.9 Å². The Balaban J connectivity index is 1.48. The van der Waals surface area contributed by atoms with Crippen LogP contribution in [0.4, 0.5) is 0 Å². The van der Waals surface area contributed by atoms with E-state index in [4.69, 9.17) is 31.2 Å². The van der Waals surface area contributed by atoms with Crippen molar-refractivity contribution in [3.8, 4) is 11.3 Å². The Labute approximate surface area is 224 Å². The van der Waals surface area contributed by atoms with Crippen LogP contribution >= 0.6 is 11.6 Å². The number of aliphatic carboxylic acids is 1. The summed E-state index contributed by atoms with van der Waals surface area (Å²) >= 11 is 6.09. The number of carboxylic acids is 1. The molecule has 1 aliphatic rings. The number of rotatable bonds is 8. The second-order valence-corrected chi connectivity index (χ2v) is 9.96. The molecule has 1 aliphatic heterocycles. The van der Waals surface area contributed by atoms with Crippen LogP contribution in [0.25, 0.3) is 22.3 Å². The molecule has 0 bridgehead atoms. The van der Waals surface area contributed by atoms with Crippen molar-refractivity contribution in [2.24, 2.45) is 0 Å². The highest BCUT2D eigenvalue weighted by atomic mass is 35.5. The maximum atomic E-state index is 13.6. The number of unbranched alkanes of at least 4 members (excludes halogenated alkanes) is 1. The summed E-state index contributed by atoms with van der Waals surface area (Å²) in [7, 11) is 0. The number of halogens is 1. The van der Waals surface area contributed by atoms with Gasteiger partial charge in [-0.3, -0.25) is 9.59 Å². The maximum absolute atomic E-state index is 13.6. The van der Waals surface area contributed by atoms with Crippen LogP contribution in [0.15, 0.2) is 47.0 Å². The monoisotopic (exact) mass is 533 g/mol. The summed E-state index contributed by atoms with van der Waals surface area (Å²) in [5.41, 5.74) is 4.17. The number of nitrogens with zero attached hydrogens (tertiary/aromatic N) is 5. The Morgan fingerprint density at radius 1 is 1.05 bits per heavy atom. The van der Waals surface area contributed by atoms with Gasteiger partial charge in [0.2, 0.25) is 5.89 Å². The van der Waals surface area contributed by atoms with Gasteiger partial charge in [0.15, 0.2) is 5.82 Å². The predicted octanol–water partition coefficient (Wildman–Crippen LogP) is 5.81. The zero-order chi connectivity index (χ0) is 26.6. The second-order valence-electron chi connectivity index (χ2n) is 9.52. The third kappa shape index (κ3) is 5.67. The number of carbonyl (C=O) groups excluding carboxylic acids is 1. The smallest absolute Gasteiger partial charge is 0.303 e. The van der Waals surface area contributed by atoms with Crippen molar-refractivity contribution >= 4 is 34.5 Å². The first-order chi connectivity index (χ1) is 18.4. The minimum absolute atomic E-state index is 0.104. The fourth-order valence-corrected chi connectivity index (χ4v) is 4.98. The summed E-state index contributed by atoms with van der Waals surface area (Å²) in [6, 6.07) is 12.5. The highest BCUT2D eigenvalue weighted by Gasteiger charge is 2.32. The number of hydrogen-bond donors (Lipinski definition) is 1. The Morgan fingerprint density at radius 2 is 1.87 bits per heavy atom. The molecule has 2 aromatic carbocycles. The fraction of sp³-hybridized carbons (Fsp3) is 0.357. The minimum Gasteiger partial charge on any atom is -0.481 e. The van der Waals surface area contributed by atoms with Crippen LogP contribution in [0.2, 0.25) is 5.02 Å². The molecule has 4 aromatic rings.